The van der Waals surface area contributed by atoms with E-state index in [0.29, 0.717) is 0 Å². The minimum absolute atomic E-state index is 0. The van der Waals surface area contributed by atoms with Crippen molar-refractivity contribution in [3.63, 3.8) is 0 Å². The molecule has 0 atom stereocenters. The van der Waals surface area contributed by atoms with E-state index in [1.165, 1.54) is 0 Å². The van der Waals surface area contributed by atoms with Gasteiger partial charge in [0.1, 0.15) is 0 Å². The Bertz CT molecular complexity index is 61.3. The van der Waals surface area contributed by atoms with Crippen molar-refractivity contribution >= 4 is 23.1 Å². The van der Waals surface area contributed by atoms with Gasteiger partial charge in [0.2, 0.25) is 0 Å². The molecule has 0 unspecified atom stereocenters. The van der Waals surface area contributed by atoms with E-state index in [2.05, 4.69) is 0 Å². The van der Waals surface area contributed by atoms with Crippen molar-refractivity contribution in [2.24, 2.45) is 0 Å². The first-order chi connectivity index (χ1) is 5.62. The zero-order chi connectivity index (χ0) is 9.98. The Morgan fingerprint density at radius 2 is 0.846 bits per heavy atom. The molecule has 0 N–H and O–H groups in total. The molecule has 3 heteroatoms. The van der Waals surface area contributed by atoms with Gasteiger partial charge in [-0.15, -0.1) is 12.2 Å². The Hall–Kier alpha value is 0.686. The van der Waals surface area contributed by atoms with Gasteiger partial charge in [-0.05, 0) is 0 Å². The van der Waals surface area contributed by atoms with Crippen LogP contribution < -0.4 is 10.2 Å². The van der Waals surface area contributed by atoms with Crippen molar-refractivity contribution in [2.75, 3.05) is 0 Å². The van der Waals surface area contributed by atoms with Crippen molar-refractivity contribution < 1.29 is 10.2 Å². The summed E-state index contributed by atoms with van der Waals surface area (Å²) in [5.41, 5.74) is 0. The Kier molecular flexibility index (Phi) is 22.5. The van der Waals surface area contributed by atoms with Gasteiger partial charge in [-0.2, -0.15) is 0 Å². The maximum atomic E-state index is 10.3. The van der Waals surface area contributed by atoms with Crippen LogP contribution in [0.5, 0.6) is 0 Å². The molecule has 0 aromatic heterocycles. The van der Waals surface area contributed by atoms with Gasteiger partial charge in [0.15, 0.2) is 0 Å². The third-order valence-electron chi connectivity index (χ3n) is 1.82. The maximum Gasteiger partial charge on any atom is 2.00 e. The fraction of sp³-hybridized carbons (Fsp3) is 1.00. The molecule has 0 aliphatic carbocycles. The molecule has 0 spiro atoms. The van der Waals surface area contributed by atoms with E-state index in [1.807, 2.05) is 27.7 Å². The van der Waals surface area contributed by atoms with E-state index in [-0.39, 0.29) is 35.3 Å². The zero-order valence-corrected chi connectivity index (χ0v) is 10.9. The first kappa shape index (κ1) is 19.3. The second kappa shape index (κ2) is 15.2. The Morgan fingerprint density at radius 3 is 0.846 bits per heavy atom. The van der Waals surface area contributed by atoms with E-state index in [9.17, 15) is 10.2 Å². The van der Waals surface area contributed by atoms with Crippen LogP contribution in [0.2, 0.25) is 0 Å². The molecular formula is C10H22MgO2. The fourth-order valence-electron chi connectivity index (χ4n) is 0.577. The Labute approximate surface area is 98.9 Å². The molecule has 0 aliphatic rings. The number of hydrogen-bond acceptors (Lipinski definition) is 2. The van der Waals surface area contributed by atoms with Crippen molar-refractivity contribution in [2.45, 2.75) is 65.6 Å². The molecular weight excluding hydrogens is 176 g/mol. The molecule has 0 saturated heterocycles. The molecule has 0 rings (SSSR count). The summed E-state index contributed by atoms with van der Waals surface area (Å²) in [6, 6.07) is 0. The summed E-state index contributed by atoms with van der Waals surface area (Å²) in [7, 11) is 0. The summed E-state index contributed by atoms with van der Waals surface area (Å²) >= 11 is 0. The summed E-state index contributed by atoms with van der Waals surface area (Å²) in [5.74, 6) is 0. The second-order valence-electron chi connectivity index (χ2n) is 2.88. The van der Waals surface area contributed by atoms with E-state index in [1.54, 1.807) is 0 Å². The Morgan fingerprint density at radius 1 is 0.692 bits per heavy atom. The minimum Gasteiger partial charge on any atom is -0.852 e. The molecule has 0 aromatic carbocycles. The summed E-state index contributed by atoms with van der Waals surface area (Å²) in [6.07, 6.45) is 2.47. The molecule has 0 fully saturated rings. The molecule has 0 aliphatic heterocycles. The van der Waals surface area contributed by atoms with Crippen LogP contribution in [-0.4, -0.2) is 35.3 Å². The monoisotopic (exact) mass is 198 g/mol. The first-order valence-corrected chi connectivity index (χ1v) is 4.93. The number of rotatable bonds is 4. The third kappa shape index (κ3) is 19.2. The van der Waals surface area contributed by atoms with Gasteiger partial charge in [-0.25, -0.2) is 0 Å². The van der Waals surface area contributed by atoms with Crippen LogP contribution in [-0.2, 0) is 0 Å². The van der Waals surface area contributed by atoms with Gasteiger partial charge in [-0.1, -0.05) is 53.4 Å². The van der Waals surface area contributed by atoms with Crippen LogP contribution in [0.3, 0.4) is 0 Å². The van der Waals surface area contributed by atoms with Crippen LogP contribution in [0, 0.1) is 0 Å². The fourth-order valence-corrected chi connectivity index (χ4v) is 0.577. The van der Waals surface area contributed by atoms with Gasteiger partial charge >= 0.3 is 23.1 Å². The average Bonchev–Trinajstić information content (AvgIpc) is 2.16. The van der Waals surface area contributed by atoms with Gasteiger partial charge in [0.25, 0.3) is 0 Å². The summed E-state index contributed by atoms with van der Waals surface area (Å²) < 4.78 is 0. The van der Waals surface area contributed by atoms with Crippen molar-refractivity contribution in [1.82, 2.24) is 0 Å². The van der Waals surface area contributed by atoms with Crippen LogP contribution in [0.1, 0.15) is 53.4 Å². The molecule has 0 radical (unpaired) electrons. The number of hydrogen-bond donors (Lipinski definition) is 0. The van der Waals surface area contributed by atoms with E-state index in [0.717, 1.165) is 25.7 Å². The summed E-state index contributed by atoms with van der Waals surface area (Å²) in [5, 5.41) is 20.5. The van der Waals surface area contributed by atoms with E-state index >= 15 is 0 Å². The second-order valence-corrected chi connectivity index (χ2v) is 2.88. The van der Waals surface area contributed by atoms with Crippen LogP contribution in [0.25, 0.3) is 0 Å². The summed E-state index contributed by atoms with van der Waals surface area (Å²) in [4.78, 5) is 0. The SMILES string of the molecule is CCC([O-])CC.CCC([O-])CC.[Mg+2]. The predicted octanol–water partition coefficient (Wildman–Crippen LogP) is 0.690. The standard InChI is InChI=1S/2C5H11O.Mg/c2*1-3-5(6)4-2;/h2*5H,3-4H2,1-2H3;/q2*-1;+2. The molecule has 2 nitrogen and oxygen atoms in total. The van der Waals surface area contributed by atoms with Crippen LogP contribution in [0.4, 0.5) is 0 Å². The third-order valence-corrected chi connectivity index (χ3v) is 1.82. The maximum absolute atomic E-state index is 10.3. The van der Waals surface area contributed by atoms with Gasteiger partial charge < -0.3 is 10.2 Å². The van der Waals surface area contributed by atoms with Crippen LogP contribution >= 0.6 is 0 Å². The minimum atomic E-state index is -0.315. The van der Waals surface area contributed by atoms with E-state index < -0.39 is 0 Å². The van der Waals surface area contributed by atoms with Gasteiger partial charge in [0, 0.05) is 0 Å². The average molecular weight is 199 g/mol. The predicted molar refractivity (Wildman–Crippen MR) is 54.5 cm³/mol. The summed E-state index contributed by atoms with van der Waals surface area (Å²) in [6.45, 7) is 7.67. The van der Waals surface area contributed by atoms with Gasteiger partial charge in [0.05, 0.1) is 0 Å². The normalized spacial score (nSPS) is 9.23. The molecule has 13 heavy (non-hydrogen) atoms. The molecule has 0 aromatic rings. The zero-order valence-electron chi connectivity index (χ0n) is 9.51. The molecule has 0 amide bonds. The van der Waals surface area contributed by atoms with Crippen LogP contribution in [0.15, 0.2) is 0 Å². The quantitative estimate of drug-likeness (QED) is 0.624. The van der Waals surface area contributed by atoms with Crippen molar-refractivity contribution in [3.8, 4) is 0 Å². The van der Waals surface area contributed by atoms with Crippen molar-refractivity contribution in [1.29, 1.82) is 0 Å². The van der Waals surface area contributed by atoms with Gasteiger partial charge in [-0.3, -0.25) is 0 Å². The first-order valence-electron chi connectivity index (χ1n) is 4.93. The molecule has 0 bridgehead atoms. The topological polar surface area (TPSA) is 46.1 Å². The largest absolute Gasteiger partial charge is 2.00 e. The smallest absolute Gasteiger partial charge is 0.852 e. The molecule has 0 saturated carbocycles. The van der Waals surface area contributed by atoms with Crippen molar-refractivity contribution in [3.05, 3.63) is 0 Å². The molecule has 76 valence electrons. The Balaban J connectivity index is -0.000000143. The van der Waals surface area contributed by atoms with E-state index in [4.69, 9.17) is 0 Å². The molecule has 0 heterocycles.